The fourth-order valence-electron chi connectivity index (χ4n) is 1.00. The van der Waals surface area contributed by atoms with Gasteiger partial charge in [0.25, 0.3) is 0 Å². The number of hydrogen-bond donors (Lipinski definition) is 0. The second-order valence-electron chi connectivity index (χ2n) is 2.89. The molecule has 0 aliphatic rings. The average Bonchev–Trinajstić information content (AvgIpc) is 2.20. The number of methoxy groups -OCH3 is 1. The summed E-state index contributed by atoms with van der Waals surface area (Å²) in [4.78, 5) is 0. The van der Waals surface area contributed by atoms with Crippen LogP contribution in [0.15, 0.2) is 16.6 Å². The molecular formula is C10H11BrClIO2. The maximum Gasteiger partial charge on any atom is 0.139 e. The number of hydrogen-bond acceptors (Lipinski definition) is 2. The predicted molar refractivity (Wildman–Crippen MR) is 73.9 cm³/mol. The largest absolute Gasteiger partial charge is 0.492 e. The zero-order chi connectivity index (χ0) is 11.3. The Hall–Kier alpha value is 0.480. The monoisotopic (exact) mass is 404 g/mol. The van der Waals surface area contributed by atoms with Crippen LogP contribution in [-0.2, 0) is 4.74 Å². The molecule has 0 heterocycles. The Bertz CT molecular complexity index is 333. The number of ether oxygens (including phenoxy) is 2. The van der Waals surface area contributed by atoms with Crippen LogP contribution in [0, 0.1) is 3.57 Å². The highest BCUT2D eigenvalue weighted by atomic mass is 127. The molecule has 15 heavy (non-hydrogen) atoms. The van der Waals surface area contributed by atoms with E-state index in [1.165, 1.54) is 0 Å². The number of benzene rings is 1. The van der Waals surface area contributed by atoms with Crippen molar-refractivity contribution in [1.82, 2.24) is 0 Å². The van der Waals surface area contributed by atoms with Gasteiger partial charge in [0.1, 0.15) is 5.75 Å². The molecule has 0 saturated carbocycles. The van der Waals surface area contributed by atoms with Crippen molar-refractivity contribution in [2.45, 2.75) is 6.42 Å². The smallest absolute Gasteiger partial charge is 0.139 e. The van der Waals surface area contributed by atoms with E-state index in [4.69, 9.17) is 21.1 Å². The predicted octanol–water partition coefficient (Wildman–Crippen LogP) is 4.12. The Labute approximate surface area is 117 Å². The Morgan fingerprint density at radius 2 is 2.13 bits per heavy atom. The third-order valence-corrected chi connectivity index (χ3v) is 4.31. The first kappa shape index (κ1) is 13.5. The van der Waals surface area contributed by atoms with Crippen molar-refractivity contribution in [3.63, 3.8) is 0 Å². The molecule has 1 rings (SSSR count). The summed E-state index contributed by atoms with van der Waals surface area (Å²) in [5.74, 6) is 0.723. The molecule has 5 heteroatoms. The lowest BCUT2D eigenvalue weighted by molar-refractivity contribution is 0.172. The summed E-state index contributed by atoms with van der Waals surface area (Å²) in [5, 5.41) is 0.625. The van der Waals surface area contributed by atoms with Gasteiger partial charge >= 0.3 is 0 Å². The van der Waals surface area contributed by atoms with Crippen LogP contribution in [0.5, 0.6) is 5.75 Å². The molecule has 0 bridgehead atoms. The van der Waals surface area contributed by atoms with E-state index < -0.39 is 0 Å². The minimum Gasteiger partial charge on any atom is -0.492 e. The highest BCUT2D eigenvalue weighted by molar-refractivity contribution is 14.1. The molecule has 0 unspecified atom stereocenters. The van der Waals surface area contributed by atoms with Gasteiger partial charge in [-0.25, -0.2) is 0 Å². The Morgan fingerprint density at radius 1 is 1.40 bits per heavy atom. The fraction of sp³-hybridized carbons (Fsp3) is 0.400. The summed E-state index contributed by atoms with van der Waals surface area (Å²) in [7, 11) is 1.68. The Morgan fingerprint density at radius 3 is 2.80 bits per heavy atom. The molecule has 0 spiro atoms. The third kappa shape index (κ3) is 4.46. The van der Waals surface area contributed by atoms with Crippen LogP contribution < -0.4 is 4.74 Å². The van der Waals surface area contributed by atoms with E-state index >= 15 is 0 Å². The minimum atomic E-state index is 0.616. The van der Waals surface area contributed by atoms with Gasteiger partial charge in [-0.15, -0.1) is 0 Å². The minimum absolute atomic E-state index is 0.616. The van der Waals surface area contributed by atoms with E-state index in [1.807, 2.05) is 12.1 Å². The topological polar surface area (TPSA) is 18.5 Å². The summed E-state index contributed by atoms with van der Waals surface area (Å²) in [6, 6.07) is 3.76. The van der Waals surface area contributed by atoms with Crippen molar-refractivity contribution in [3.05, 3.63) is 25.2 Å². The van der Waals surface area contributed by atoms with Crippen LogP contribution >= 0.6 is 50.1 Å². The SMILES string of the molecule is COCCCOc1cc(I)c(Br)cc1Cl. The van der Waals surface area contributed by atoms with E-state index in [0.717, 1.165) is 20.2 Å². The molecule has 0 aliphatic carbocycles. The van der Waals surface area contributed by atoms with Gasteiger partial charge in [0.2, 0.25) is 0 Å². The number of halogens is 3. The van der Waals surface area contributed by atoms with E-state index in [0.29, 0.717) is 18.2 Å². The van der Waals surface area contributed by atoms with Crippen molar-refractivity contribution in [2.24, 2.45) is 0 Å². The fourth-order valence-corrected chi connectivity index (χ4v) is 2.13. The van der Waals surface area contributed by atoms with Gasteiger partial charge in [0, 0.05) is 28.2 Å². The highest BCUT2D eigenvalue weighted by Crippen LogP contribution is 2.32. The average molecular weight is 405 g/mol. The van der Waals surface area contributed by atoms with Gasteiger partial charge < -0.3 is 9.47 Å². The standard InChI is InChI=1S/C10H11BrClIO2/c1-14-3-2-4-15-10-6-9(13)7(11)5-8(10)12/h5-6H,2-4H2,1H3. The first-order valence-electron chi connectivity index (χ1n) is 4.41. The van der Waals surface area contributed by atoms with Crippen molar-refractivity contribution in [1.29, 1.82) is 0 Å². The lowest BCUT2D eigenvalue weighted by atomic mass is 10.3. The van der Waals surface area contributed by atoms with Gasteiger partial charge in [-0.3, -0.25) is 0 Å². The van der Waals surface area contributed by atoms with Gasteiger partial charge in [0.05, 0.1) is 11.6 Å². The normalized spacial score (nSPS) is 10.4. The van der Waals surface area contributed by atoms with Crippen molar-refractivity contribution in [2.75, 3.05) is 20.3 Å². The molecule has 0 aliphatic heterocycles. The molecule has 1 aromatic rings. The molecule has 0 radical (unpaired) electrons. The third-order valence-electron chi connectivity index (χ3n) is 1.73. The first-order chi connectivity index (χ1) is 7.15. The lowest BCUT2D eigenvalue weighted by Gasteiger charge is -2.09. The lowest BCUT2D eigenvalue weighted by Crippen LogP contribution is -2.01. The van der Waals surface area contributed by atoms with Gasteiger partial charge in [-0.2, -0.15) is 0 Å². The van der Waals surface area contributed by atoms with Crippen LogP contribution in [-0.4, -0.2) is 20.3 Å². The van der Waals surface area contributed by atoms with E-state index in [2.05, 4.69) is 38.5 Å². The molecule has 0 saturated heterocycles. The highest BCUT2D eigenvalue weighted by Gasteiger charge is 2.05. The van der Waals surface area contributed by atoms with E-state index in [-0.39, 0.29) is 0 Å². The molecule has 0 aromatic heterocycles. The molecule has 0 atom stereocenters. The Kier molecular flexibility index (Phi) is 6.26. The summed E-state index contributed by atoms with van der Waals surface area (Å²) in [6.07, 6.45) is 0.861. The molecule has 2 nitrogen and oxygen atoms in total. The molecule has 84 valence electrons. The van der Waals surface area contributed by atoms with Crippen LogP contribution in [0.2, 0.25) is 5.02 Å². The maximum absolute atomic E-state index is 6.02. The number of rotatable bonds is 5. The molecule has 0 amide bonds. The summed E-state index contributed by atoms with van der Waals surface area (Å²) in [6.45, 7) is 1.32. The molecule has 1 aromatic carbocycles. The quantitative estimate of drug-likeness (QED) is 0.417. The van der Waals surface area contributed by atoms with E-state index in [9.17, 15) is 0 Å². The van der Waals surface area contributed by atoms with Gasteiger partial charge in [-0.1, -0.05) is 11.6 Å². The zero-order valence-corrected chi connectivity index (χ0v) is 12.7. The second-order valence-corrected chi connectivity index (χ2v) is 5.32. The molecule has 0 fully saturated rings. The van der Waals surface area contributed by atoms with Gasteiger partial charge in [0.15, 0.2) is 0 Å². The summed E-state index contributed by atoms with van der Waals surface area (Å²) >= 11 is 11.7. The summed E-state index contributed by atoms with van der Waals surface area (Å²) in [5.41, 5.74) is 0. The molecular weight excluding hydrogens is 394 g/mol. The van der Waals surface area contributed by atoms with Gasteiger partial charge in [-0.05, 0) is 50.7 Å². The van der Waals surface area contributed by atoms with Crippen LogP contribution in [0.4, 0.5) is 0 Å². The summed E-state index contributed by atoms with van der Waals surface area (Å²) < 4.78 is 12.5. The van der Waals surface area contributed by atoms with E-state index in [1.54, 1.807) is 7.11 Å². The van der Waals surface area contributed by atoms with Crippen LogP contribution in [0.3, 0.4) is 0 Å². The first-order valence-corrected chi connectivity index (χ1v) is 6.66. The molecule has 0 N–H and O–H groups in total. The zero-order valence-electron chi connectivity index (χ0n) is 8.23. The van der Waals surface area contributed by atoms with Crippen molar-refractivity contribution >= 4 is 50.1 Å². The van der Waals surface area contributed by atoms with Crippen LogP contribution in [0.1, 0.15) is 6.42 Å². The second kappa shape index (κ2) is 6.93. The van der Waals surface area contributed by atoms with Crippen LogP contribution in [0.25, 0.3) is 0 Å². The van der Waals surface area contributed by atoms with Crippen molar-refractivity contribution in [3.8, 4) is 5.75 Å². The Balaban J connectivity index is 2.57. The van der Waals surface area contributed by atoms with Crippen molar-refractivity contribution < 1.29 is 9.47 Å². The maximum atomic E-state index is 6.02.